The minimum atomic E-state index is -3.94. The van der Waals surface area contributed by atoms with E-state index >= 15 is 0 Å². The molecule has 1 aromatic rings. The summed E-state index contributed by atoms with van der Waals surface area (Å²) in [4.78, 5) is 11.9. The first-order valence-corrected chi connectivity index (χ1v) is 9.10. The van der Waals surface area contributed by atoms with Crippen LogP contribution in [0.2, 0.25) is 0 Å². The fourth-order valence-corrected chi connectivity index (χ4v) is 3.56. The Labute approximate surface area is 132 Å². The normalized spacial score (nSPS) is 13.3. The lowest BCUT2D eigenvalue weighted by atomic mass is 10.1. The van der Waals surface area contributed by atoms with Crippen LogP contribution in [-0.2, 0) is 13.8 Å². The van der Waals surface area contributed by atoms with Crippen LogP contribution in [0, 0.1) is 12.8 Å². The summed E-state index contributed by atoms with van der Waals surface area (Å²) in [5, 5.41) is 0. The van der Waals surface area contributed by atoms with Crippen molar-refractivity contribution < 1.29 is 17.9 Å². The van der Waals surface area contributed by atoms with E-state index in [1.165, 1.54) is 6.07 Å². The molecular formula is C13H16BrClO4S. The van der Waals surface area contributed by atoms with Gasteiger partial charge in [0.2, 0.25) is 0 Å². The van der Waals surface area contributed by atoms with Crippen LogP contribution in [0.15, 0.2) is 21.5 Å². The van der Waals surface area contributed by atoms with E-state index in [9.17, 15) is 13.2 Å². The summed E-state index contributed by atoms with van der Waals surface area (Å²) in [7, 11) is 1.42. The van der Waals surface area contributed by atoms with Gasteiger partial charge in [-0.05, 0) is 53.4 Å². The molecule has 0 aliphatic carbocycles. The maximum absolute atomic E-state index is 12.0. The van der Waals surface area contributed by atoms with Gasteiger partial charge in [-0.15, -0.1) is 0 Å². The van der Waals surface area contributed by atoms with E-state index in [4.69, 9.17) is 15.4 Å². The number of aryl methyl sites for hydroxylation is 1. The van der Waals surface area contributed by atoms with Crippen LogP contribution >= 0.6 is 26.6 Å². The van der Waals surface area contributed by atoms with Crippen LogP contribution in [0.25, 0.3) is 0 Å². The number of carbonyl (C=O) groups is 1. The summed E-state index contributed by atoms with van der Waals surface area (Å²) in [6.07, 6.45) is -0.262. The number of halogens is 2. The zero-order valence-corrected chi connectivity index (χ0v) is 14.8. The fraction of sp³-hybridized carbons (Fsp3) is 0.462. The van der Waals surface area contributed by atoms with Crippen LogP contribution in [0.1, 0.15) is 36.7 Å². The third-order valence-corrected chi connectivity index (χ3v) is 5.61. The second kappa shape index (κ2) is 6.45. The van der Waals surface area contributed by atoms with Crippen LogP contribution in [-0.4, -0.2) is 20.5 Å². The standard InChI is InChI=1S/C13H16BrClO4S/c1-7(2)9(4)19-13(16)10-5-8(3)12(14)11(6-10)20(15,17)18/h5-7,9H,1-4H3. The van der Waals surface area contributed by atoms with Crippen molar-refractivity contribution >= 4 is 41.6 Å². The molecule has 0 aliphatic rings. The molecule has 20 heavy (non-hydrogen) atoms. The minimum absolute atomic E-state index is 0.136. The highest BCUT2D eigenvalue weighted by Crippen LogP contribution is 2.30. The second-order valence-electron chi connectivity index (χ2n) is 4.90. The predicted molar refractivity (Wildman–Crippen MR) is 81.6 cm³/mol. The highest BCUT2D eigenvalue weighted by molar-refractivity contribution is 9.10. The third-order valence-electron chi connectivity index (χ3n) is 2.95. The molecule has 4 nitrogen and oxygen atoms in total. The molecule has 0 aliphatic heterocycles. The molecule has 112 valence electrons. The zero-order valence-electron chi connectivity index (χ0n) is 11.6. The molecule has 0 fully saturated rings. The molecule has 1 aromatic carbocycles. The minimum Gasteiger partial charge on any atom is -0.459 e. The number of esters is 1. The van der Waals surface area contributed by atoms with Gasteiger partial charge in [0, 0.05) is 15.2 Å². The van der Waals surface area contributed by atoms with Crippen LogP contribution < -0.4 is 0 Å². The number of hydrogen-bond donors (Lipinski definition) is 0. The highest BCUT2D eigenvalue weighted by Gasteiger charge is 2.21. The van der Waals surface area contributed by atoms with Gasteiger partial charge in [0.05, 0.1) is 10.5 Å². The van der Waals surface area contributed by atoms with Crippen molar-refractivity contribution in [3.8, 4) is 0 Å². The van der Waals surface area contributed by atoms with Crippen molar-refractivity contribution in [2.75, 3.05) is 0 Å². The molecule has 0 aromatic heterocycles. The Morgan fingerprint density at radius 3 is 2.30 bits per heavy atom. The average molecular weight is 384 g/mol. The van der Waals surface area contributed by atoms with Gasteiger partial charge in [0.25, 0.3) is 9.05 Å². The molecule has 0 heterocycles. The van der Waals surface area contributed by atoms with E-state index in [0.717, 1.165) is 0 Å². The molecular weight excluding hydrogens is 368 g/mol. The number of carbonyl (C=O) groups excluding carboxylic acids is 1. The van der Waals surface area contributed by atoms with E-state index < -0.39 is 15.0 Å². The summed E-state index contributed by atoms with van der Waals surface area (Å²) >= 11 is 3.16. The topological polar surface area (TPSA) is 60.4 Å². The molecule has 0 spiro atoms. The Hall–Kier alpha value is -0.590. The first kappa shape index (κ1) is 17.5. The van der Waals surface area contributed by atoms with Crippen molar-refractivity contribution in [1.29, 1.82) is 0 Å². The highest BCUT2D eigenvalue weighted by atomic mass is 79.9. The number of rotatable bonds is 4. The Morgan fingerprint density at radius 1 is 1.30 bits per heavy atom. The van der Waals surface area contributed by atoms with Gasteiger partial charge in [-0.2, -0.15) is 0 Å². The summed E-state index contributed by atoms with van der Waals surface area (Å²) in [5.74, 6) is -0.393. The van der Waals surface area contributed by atoms with E-state index in [2.05, 4.69) is 15.9 Å². The summed E-state index contributed by atoms with van der Waals surface area (Å²) in [6.45, 7) is 7.32. The lowest BCUT2D eigenvalue weighted by Gasteiger charge is -2.17. The molecule has 1 atom stereocenters. The monoisotopic (exact) mass is 382 g/mol. The van der Waals surface area contributed by atoms with E-state index in [0.29, 0.717) is 10.0 Å². The van der Waals surface area contributed by atoms with E-state index in [1.807, 2.05) is 13.8 Å². The second-order valence-corrected chi connectivity index (χ2v) is 8.22. The van der Waals surface area contributed by atoms with Gasteiger partial charge in [-0.25, -0.2) is 13.2 Å². The first-order chi connectivity index (χ1) is 9.04. The Balaban J connectivity index is 3.21. The van der Waals surface area contributed by atoms with Crippen molar-refractivity contribution in [1.82, 2.24) is 0 Å². The predicted octanol–water partition coefficient (Wildman–Crippen LogP) is 3.89. The van der Waals surface area contributed by atoms with Gasteiger partial charge in [0.1, 0.15) is 6.10 Å². The van der Waals surface area contributed by atoms with E-state index in [-0.39, 0.29) is 22.5 Å². The lowest BCUT2D eigenvalue weighted by molar-refractivity contribution is 0.0237. The fourth-order valence-electron chi connectivity index (χ4n) is 1.41. The molecule has 0 amide bonds. The van der Waals surface area contributed by atoms with Crippen molar-refractivity contribution in [2.45, 2.75) is 38.7 Å². The molecule has 7 heteroatoms. The lowest BCUT2D eigenvalue weighted by Crippen LogP contribution is -2.20. The average Bonchev–Trinajstić information content (AvgIpc) is 2.30. The summed E-state index contributed by atoms with van der Waals surface area (Å²) in [6, 6.07) is 2.78. The van der Waals surface area contributed by atoms with Crippen LogP contribution in [0.4, 0.5) is 0 Å². The van der Waals surface area contributed by atoms with Gasteiger partial charge in [-0.3, -0.25) is 0 Å². The molecule has 1 rings (SSSR count). The van der Waals surface area contributed by atoms with Crippen molar-refractivity contribution in [3.63, 3.8) is 0 Å². The van der Waals surface area contributed by atoms with Crippen molar-refractivity contribution in [3.05, 3.63) is 27.7 Å². The summed E-state index contributed by atoms with van der Waals surface area (Å²) < 4.78 is 28.6. The van der Waals surface area contributed by atoms with Crippen LogP contribution in [0.5, 0.6) is 0 Å². The Kier molecular flexibility index (Phi) is 5.63. The number of benzene rings is 1. The molecule has 0 saturated carbocycles. The SMILES string of the molecule is Cc1cc(C(=O)OC(C)C(C)C)cc(S(=O)(=O)Cl)c1Br. The Morgan fingerprint density at radius 2 is 1.85 bits per heavy atom. The maximum Gasteiger partial charge on any atom is 0.338 e. The zero-order chi connectivity index (χ0) is 15.7. The van der Waals surface area contributed by atoms with Crippen molar-refractivity contribution in [2.24, 2.45) is 5.92 Å². The molecule has 0 N–H and O–H groups in total. The third kappa shape index (κ3) is 4.20. The Bertz CT molecular complexity index is 626. The van der Waals surface area contributed by atoms with Gasteiger partial charge >= 0.3 is 5.97 Å². The maximum atomic E-state index is 12.0. The molecule has 1 unspecified atom stereocenters. The quantitative estimate of drug-likeness (QED) is 0.584. The van der Waals surface area contributed by atoms with Gasteiger partial charge in [0.15, 0.2) is 0 Å². The van der Waals surface area contributed by atoms with E-state index in [1.54, 1.807) is 19.9 Å². The molecule has 0 radical (unpaired) electrons. The number of hydrogen-bond acceptors (Lipinski definition) is 4. The number of ether oxygens (including phenoxy) is 1. The van der Waals surface area contributed by atoms with Gasteiger partial charge < -0.3 is 4.74 Å². The largest absolute Gasteiger partial charge is 0.459 e. The van der Waals surface area contributed by atoms with Crippen LogP contribution in [0.3, 0.4) is 0 Å². The first-order valence-electron chi connectivity index (χ1n) is 5.99. The summed E-state index contributed by atoms with van der Waals surface area (Å²) in [5.41, 5.74) is 0.758. The smallest absolute Gasteiger partial charge is 0.338 e. The molecule has 0 bridgehead atoms. The van der Waals surface area contributed by atoms with Gasteiger partial charge in [-0.1, -0.05) is 13.8 Å². The molecule has 0 saturated heterocycles.